The van der Waals surface area contributed by atoms with E-state index in [0.717, 1.165) is 18.4 Å². The molecular formula is C23H28ClN3O3. The largest absolute Gasteiger partial charge is 0.355 e. The Morgan fingerprint density at radius 1 is 1.27 bits per heavy atom. The van der Waals surface area contributed by atoms with Crippen LogP contribution in [-0.2, 0) is 4.79 Å². The fourth-order valence-electron chi connectivity index (χ4n) is 4.61. The molecule has 4 rings (SSSR count). The first-order valence-corrected chi connectivity index (χ1v) is 11.1. The highest BCUT2D eigenvalue weighted by atomic mass is 35.5. The van der Waals surface area contributed by atoms with Gasteiger partial charge in [0.2, 0.25) is 5.91 Å². The number of carbonyl (C=O) groups is 2. The van der Waals surface area contributed by atoms with E-state index in [4.69, 9.17) is 16.1 Å². The van der Waals surface area contributed by atoms with Gasteiger partial charge in [-0.25, -0.2) is 0 Å². The van der Waals surface area contributed by atoms with Crippen LogP contribution in [0.4, 0.5) is 0 Å². The first-order chi connectivity index (χ1) is 14.4. The third-order valence-corrected chi connectivity index (χ3v) is 6.43. The van der Waals surface area contributed by atoms with E-state index in [-0.39, 0.29) is 23.6 Å². The summed E-state index contributed by atoms with van der Waals surface area (Å²) < 4.78 is 5.43. The zero-order chi connectivity index (χ0) is 21.3. The molecule has 30 heavy (non-hydrogen) atoms. The Kier molecular flexibility index (Phi) is 6.14. The van der Waals surface area contributed by atoms with Crippen molar-refractivity contribution in [3.05, 3.63) is 41.0 Å². The first-order valence-electron chi connectivity index (χ1n) is 10.8. The van der Waals surface area contributed by atoms with E-state index in [1.165, 1.54) is 12.8 Å². The van der Waals surface area contributed by atoms with Gasteiger partial charge in [-0.2, -0.15) is 0 Å². The Labute approximate surface area is 181 Å². The lowest BCUT2D eigenvalue weighted by atomic mass is 9.91. The number of halogens is 1. The van der Waals surface area contributed by atoms with E-state index in [2.05, 4.69) is 24.3 Å². The number of aromatic nitrogens is 1. The summed E-state index contributed by atoms with van der Waals surface area (Å²) in [6.07, 6.45) is 5.21. The van der Waals surface area contributed by atoms with Crippen LogP contribution >= 0.6 is 11.6 Å². The molecule has 2 aromatic rings. The topological polar surface area (TPSA) is 75.4 Å². The smallest absolute Gasteiger partial charge is 0.276 e. The molecule has 6 nitrogen and oxygen atoms in total. The molecule has 2 amide bonds. The lowest BCUT2D eigenvalue weighted by molar-refractivity contribution is -0.130. The molecule has 0 radical (unpaired) electrons. The second-order valence-corrected chi connectivity index (χ2v) is 9.28. The predicted molar refractivity (Wildman–Crippen MR) is 115 cm³/mol. The predicted octanol–water partition coefficient (Wildman–Crippen LogP) is 4.54. The third-order valence-electron chi connectivity index (χ3n) is 6.18. The summed E-state index contributed by atoms with van der Waals surface area (Å²) in [5, 5.41) is 7.85. The lowest BCUT2D eigenvalue weighted by Crippen LogP contribution is -2.63. The van der Waals surface area contributed by atoms with Gasteiger partial charge in [0.25, 0.3) is 5.91 Å². The van der Waals surface area contributed by atoms with Crippen molar-refractivity contribution in [3.8, 4) is 11.3 Å². The van der Waals surface area contributed by atoms with Gasteiger partial charge >= 0.3 is 0 Å². The minimum absolute atomic E-state index is 0.00926. The van der Waals surface area contributed by atoms with Gasteiger partial charge < -0.3 is 14.7 Å². The van der Waals surface area contributed by atoms with E-state index in [1.54, 1.807) is 23.1 Å². The van der Waals surface area contributed by atoms with Crippen molar-refractivity contribution in [3.63, 3.8) is 0 Å². The molecule has 2 fully saturated rings. The molecule has 2 atom stereocenters. The minimum atomic E-state index is -0.481. The Bertz CT molecular complexity index is 903. The summed E-state index contributed by atoms with van der Waals surface area (Å²) in [5.74, 6) is 0.931. The number of piperazine rings is 1. The second kappa shape index (κ2) is 8.80. The maximum atomic E-state index is 13.4. The van der Waals surface area contributed by atoms with Crippen LogP contribution in [-0.4, -0.2) is 40.5 Å². The molecule has 0 unspecified atom stereocenters. The molecule has 1 saturated carbocycles. The molecule has 0 bridgehead atoms. The van der Waals surface area contributed by atoms with Crippen LogP contribution in [0.5, 0.6) is 0 Å². The van der Waals surface area contributed by atoms with Crippen molar-refractivity contribution in [1.82, 2.24) is 15.4 Å². The fraction of sp³-hybridized carbons (Fsp3) is 0.522. The second-order valence-electron chi connectivity index (χ2n) is 8.85. The monoisotopic (exact) mass is 429 g/mol. The van der Waals surface area contributed by atoms with Gasteiger partial charge in [-0.1, -0.05) is 43.4 Å². The summed E-state index contributed by atoms with van der Waals surface area (Å²) in [6, 6.07) is 8.35. The molecule has 160 valence electrons. The highest BCUT2D eigenvalue weighted by molar-refractivity contribution is 6.30. The van der Waals surface area contributed by atoms with Gasteiger partial charge in [-0.3, -0.25) is 9.59 Å². The van der Waals surface area contributed by atoms with Crippen LogP contribution in [0, 0.1) is 11.8 Å². The van der Waals surface area contributed by atoms with Crippen LogP contribution in [0.3, 0.4) is 0 Å². The van der Waals surface area contributed by atoms with Crippen LogP contribution in [0.1, 0.15) is 56.4 Å². The van der Waals surface area contributed by atoms with Gasteiger partial charge in [0.1, 0.15) is 6.04 Å². The Morgan fingerprint density at radius 3 is 2.63 bits per heavy atom. The van der Waals surface area contributed by atoms with Crippen molar-refractivity contribution >= 4 is 23.4 Å². The van der Waals surface area contributed by atoms with Gasteiger partial charge in [0.15, 0.2) is 11.5 Å². The number of carbonyl (C=O) groups excluding carboxylic acids is 2. The standard InChI is InChI=1S/C23H28ClN3O3/c1-14(2)11-20-22(28)25-19(15-5-3-4-6-15)13-27(20)23(29)18-12-21(30-26-18)16-7-9-17(24)10-8-16/h7-10,12,14-15,19-20H,3-6,11,13H2,1-2H3,(H,25,28)/t19-,20+/m1/s1. The first kappa shape index (κ1) is 20.9. The van der Waals surface area contributed by atoms with Crippen molar-refractivity contribution in [2.45, 2.75) is 58.0 Å². The Balaban J connectivity index is 1.58. The summed E-state index contributed by atoms with van der Waals surface area (Å²) in [7, 11) is 0. The molecular weight excluding hydrogens is 402 g/mol. The average Bonchev–Trinajstić information content (AvgIpc) is 3.41. The molecule has 2 aliphatic rings. The molecule has 7 heteroatoms. The zero-order valence-electron chi connectivity index (χ0n) is 17.4. The van der Waals surface area contributed by atoms with Gasteiger partial charge in [0.05, 0.1) is 0 Å². The van der Waals surface area contributed by atoms with Gasteiger partial charge in [-0.05, 0) is 55.4 Å². The van der Waals surface area contributed by atoms with E-state index >= 15 is 0 Å². The zero-order valence-corrected chi connectivity index (χ0v) is 18.2. The van der Waals surface area contributed by atoms with Crippen LogP contribution in [0.15, 0.2) is 34.9 Å². The number of nitrogens with one attached hydrogen (secondary N) is 1. The van der Waals surface area contributed by atoms with Gasteiger partial charge in [0, 0.05) is 29.2 Å². The maximum Gasteiger partial charge on any atom is 0.276 e. The fourth-order valence-corrected chi connectivity index (χ4v) is 4.74. The van der Waals surface area contributed by atoms with Crippen molar-refractivity contribution in [2.24, 2.45) is 11.8 Å². The van der Waals surface area contributed by atoms with E-state index in [9.17, 15) is 9.59 Å². The number of hydrogen-bond acceptors (Lipinski definition) is 4. The molecule has 1 aromatic heterocycles. The van der Waals surface area contributed by atoms with Crippen LogP contribution in [0.2, 0.25) is 5.02 Å². The quantitative estimate of drug-likeness (QED) is 0.757. The molecule has 1 saturated heterocycles. The molecule has 0 spiro atoms. The molecule has 1 N–H and O–H groups in total. The van der Waals surface area contributed by atoms with Crippen LogP contribution < -0.4 is 5.32 Å². The van der Waals surface area contributed by atoms with Crippen LogP contribution in [0.25, 0.3) is 11.3 Å². The Morgan fingerprint density at radius 2 is 1.97 bits per heavy atom. The SMILES string of the molecule is CC(C)C[C@H]1C(=O)N[C@@H](C2CCCC2)CN1C(=O)c1cc(-c2ccc(Cl)cc2)on1. The normalized spacial score (nSPS) is 22.5. The molecule has 1 aliphatic carbocycles. The number of hydrogen-bond donors (Lipinski definition) is 1. The average molecular weight is 430 g/mol. The molecule has 1 aliphatic heterocycles. The number of benzene rings is 1. The van der Waals surface area contributed by atoms with Crippen molar-refractivity contribution in [1.29, 1.82) is 0 Å². The number of rotatable bonds is 5. The summed E-state index contributed by atoms with van der Waals surface area (Å²) in [5.41, 5.74) is 1.03. The number of nitrogens with zero attached hydrogens (tertiary/aromatic N) is 2. The van der Waals surface area contributed by atoms with Crippen molar-refractivity contribution < 1.29 is 14.1 Å². The maximum absolute atomic E-state index is 13.4. The van der Waals surface area contributed by atoms with E-state index in [0.29, 0.717) is 35.6 Å². The number of amides is 2. The Hall–Kier alpha value is -2.34. The lowest BCUT2D eigenvalue weighted by Gasteiger charge is -2.41. The summed E-state index contributed by atoms with van der Waals surface area (Å²) in [6.45, 7) is 4.65. The van der Waals surface area contributed by atoms with E-state index in [1.807, 2.05) is 12.1 Å². The summed E-state index contributed by atoms with van der Waals surface area (Å²) in [4.78, 5) is 28.1. The van der Waals surface area contributed by atoms with Gasteiger partial charge in [-0.15, -0.1) is 0 Å². The highest BCUT2D eigenvalue weighted by Crippen LogP contribution is 2.31. The minimum Gasteiger partial charge on any atom is -0.355 e. The molecule has 2 heterocycles. The third kappa shape index (κ3) is 4.38. The highest BCUT2D eigenvalue weighted by Gasteiger charge is 2.41. The molecule has 1 aromatic carbocycles. The van der Waals surface area contributed by atoms with E-state index < -0.39 is 6.04 Å². The van der Waals surface area contributed by atoms with Crippen molar-refractivity contribution in [2.75, 3.05) is 6.54 Å². The summed E-state index contributed by atoms with van der Waals surface area (Å²) >= 11 is 5.95.